The minimum absolute atomic E-state index is 0.398. The van der Waals surface area contributed by atoms with Gasteiger partial charge >= 0.3 is 5.97 Å². The van der Waals surface area contributed by atoms with Crippen LogP contribution in [0.4, 0.5) is 0 Å². The third-order valence-electron chi connectivity index (χ3n) is 2.18. The molecule has 82 valence electrons. The van der Waals surface area contributed by atoms with Crippen LogP contribution in [0.25, 0.3) is 0 Å². The van der Waals surface area contributed by atoms with Crippen molar-refractivity contribution in [2.75, 3.05) is 0 Å². The maximum atomic E-state index is 11.4. The van der Waals surface area contributed by atoms with Crippen molar-refractivity contribution in [3.63, 3.8) is 0 Å². The first-order chi connectivity index (χ1) is 6.91. The Balaban J connectivity index is 3.00. The number of nitrogens with two attached hydrogens (primary N) is 1. The van der Waals surface area contributed by atoms with Crippen LogP contribution < -0.4 is 10.5 Å². The molecule has 0 bridgehead atoms. The summed E-state index contributed by atoms with van der Waals surface area (Å²) in [6.45, 7) is 7.46. The molecule has 0 heterocycles. The van der Waals surface area contributed by atoms with Gasteiger partial charge in [0.05, 0.1) is 0 Å². The summed E-state index contributed by atoms with van der Waals surface area (Å²) in [5.41, 5.74) is 8.52. The van der Waals surface area contributed by atoms with Gasteiger partial charge in [-0.3, -0.25) is 0 Å². The number of rotatable bonds is 2. The summed E-state index contributed by atoms with van der Waals surface area (Å²) in [6, 6.07) is 3.37. The molecule has 0 unspecified atom stereocenters. The smallest absolute Gasteiger partial charge is 0.328 e. The number of hydrogen-bond donors (Lipinski definition) is 1. The molecule has 0 radical (unpaired) electrons. The number of esters is 1. The molecule has 0 spiro atoms. The zero-order chi connectivity index (χ0) is 11.6. The van der Waals surface area contributed by atoms with E-state index in [4.69, 9.17) is 10.5 Å². The second-order valence-corrected chi connectivity index (χ2v) is 3.94. The summed E-state index contributed by atoms with van der Waals surface area (Å²) >= 11 is 0. The Bertz CT molecular complexity index is 360. The first kappa shape index (κ1) is 11.7. The van der Waals surface area contributed by atoms with Crippen LogP contribution in [0.1, 0.15) is 23.6 Å². The highest BCUT2D eigenvalue weighted by Crippen LogP contribution is 2.24. The Morgan fingerprint density at radius 1 is 1.27 bits per heavy atom. The maximum Gasteiger partial charge on any atom is 0.328 e. The van der Waals surface area contributed by atoms with Crippen molar-refractivity contribution >= 4 is 5.97 Å². The number of carbonyl (C=O) groups excluding carboxylic acids is 1. The molecule has 1 aromatic carbocycles. The molecule has 1 rings (SSSR count). The van der Waals surface area contributed by atoms with Crippen LogP contribution in [-0.4, -0.2) is 12.0 Å². The molecule has 0 aromatic heterocycles. The van der Waals surface area contributed by atoms with Crippen molar-refractivity contribution in [2.45, 2.75) is 33.7 Å². The molecule has 0 aliphatic rings. The predicted molar refractivity (Wildman–Crippen MR) is 59.9 cm³/mol. The van der Waals surface area contributed by atoms with Gasteiger partial charge in [-0.25, -0.2) is 4.79 Å². The highest BCUT2D eigenvalue weighted by Gasteiger charge is 2.13. The first-order valence-electron chi connectivity index (χ1n) is 4.97. The van der Waals surface area contributed by atoms with Crippen molar-refractivity contribution in [3.05, 3.63) is 28.8 Å². The monoisotopic (exact) mass is 207 g/mol. The molecule has 1 atom stereocenters. The molecule has 0 aliphatic carbocycles. The average Bonchev–Trinajstić information content (AvgIpc) is 2.10. The number of hydrogen-bond acceptors (Lipinski definition) is 3. The summed E-state index contributed by atoms with van der Waals surface area (Å²) in [7, 11) is 0. The lowest BCUT2D eigenvalue weighted by atomic mass is 10.1. The van der Waals surface area contributed by atoms with Crippen molar-refractivity contribution in [2.24, 2.45) is 5.73 Å². The fraction of sp³-hybridized carbons (Fsp3) is 0.417. The van der Waals surface area contributed by atoms with E-state index in [9.17, 15) is 4.79 Å². The second-order valence-electron chi connectivity index (χ2n) is 3.94. The van der Waals surface area contributed by atoms with E-state index in [1.54, 1.807) is 6.92 Å². The highest BCUT2D eigenvalue weighted by atomic mass is 16.5. The van der Waals surface area contributed by atoms with Crippen molar-refractivity contribution in [1.29, 1.82) is 0 Å². The van der Waals surface area contributed by atoms with Crippen LogP contribution >= 0.6 is 0 Å². The molecule has 0 amide bonds. The van der Waals surface area contributed by atoms with Gasteiger partial charge in [0.15, 0.2) is 0 Å². The van der Waals surface area contributed by atoms with Gasteiger partial charge in [-0.2, -0.15) is 0 Å². The minimum Gasteiger partial charge on any atom is -0.425 e. The first-order valence-corrected chi connectivity index (χ1v) is 4.97. The molecular weight excluding hydrogens is 190 g/mol. The summed E-state index contributed by atoms with van der Waals surface area (Å²) in [4.78, 5) is 11.4. The fourth-order valence-corrected chi connectivity index (χ4v) is 1.52. The minimum atomic E-state index is -0.592. The number of ether oxygens (including phenoxy) is 1. The van der Waals surface area contributed by atoms with Gasteiger partial charge in [-0.1, -0.05) is 17.7 Å². The Morgan fingerprint density at radius 2 is 1.73 bits per heavy atom. The molecule has 0 saturated heterocycles. The molecular formula is C12H17NO2. The van der Waals surface area contributed by atoms with Gasteiger partial charge in [-0.15, -0.1) is 0 Å². The molecule has 3 heteroatoms. The van der Waals surface area contributed by atoms with Gasteiger partial charge in [0.25, 0.3) is 0 Å². The lowest BCUT2D eigenvalue weighted by Gasteiger charge is -2.12. The zero-order valence-electron chi connectivity index (χ0n) is 9.63. The topological polar surface area (TPSA) is 52.3 Å². The van der Waals surface area contributed by atoms with Gasteiger partial charge in [0.2, 0.25) is 0 Å². The van der Waals surface area contributed by atoms with Gasteiger partial charge in [0.1, 0.15) is 11.8 Å². The third-order valence-corrected chi connectivity index (χ3v) is 2.18. The van der Waals surface area contributed by atoms with Crippen molar-refractivity contribution in [1.82, 2.24) is 0 Å². The summed E-state index contributed by atoms with van der Waals surface area (Å²) < 4.78 is 5.23. The van der Waals surface area contributed by atoms with E-state index in [1.165, 1.54) is 0 Å². The van der Waals surface area contributed by atoms with Crippen LogP contribution in [0.5, 0.6) is 5.75 Å². The predicted octanol–water partition coefficient (Wildman–Crippen LogP) is 1.86. The van der Waals surface area contributed by atoms with Crippen molar-refractivity contribution < 1.29 is 9.53 Å². The Morgan fingerprint density at radius 3 is 2.13 bits per heavy atom. The van der Waals surface area contributed by atoms with E-state index in [1.807, 2.05) is 32.9 Å². The van der Waals surface area contributed by atoms with Crippen LogP contribution in [0, 0.1) is 20.8 Å². The standard InChI is InChI=1S/C12H17NO2/c1-7-5-8(2)11(9(3)6-7)15-12(14)10(4)13/h5-6,10H,13H2,1-4H3/t10-/m0/s1. The lowest BCUT2D eigenvalue weighted by molar-refractivity contribution is -0.135. The van der Waals surface area contributed by atoms with E-state index >= 15 is 0 Å². The molecule has 15 heavy (non-hydrogen) atoms. The van der Waals surface area contributed by atoms with Crippen LogP contribution in [0.2, 0.25) is 0 Å². The molecule has 0 fully saturated rings. The fourth-order valence-electron chi connectivity index (χ4n) is 1.52. The second kappa shape index (κ2) is 4.45. The average molecular weight is 207 g/mol. The lowest BCUT2D eigenvalue weighted by Crippen LogP contribution is -2.31. The quantitative estimate of drug-likeness (QED) is 0.595. The van der Waals surface area contributed by atoms with E-state index in [2.05, 4.69) is 0 Å². The number of carbonyl (C=O) groups is 1. The van der Waals surface area contributed by atoms with Crippen LogP contribution in [0.15, 0.2) is 12.1 Å². The zero-order valence-corrected chi connectivity index (χ0v) is 9.63. The summed E-state index contributed by atoms with van der Waals surface area (Å²) in [5.74, 6) is 0.230. The van der Waals surface area contributed by atoms with E-state index in [0.29, 0.717) is 5.75 Å². The molecule has 2 N–H and O–H groups in total. The van der Waals surface area contributed by atoms with Gasteiger partial charge in [0, 0.05) is 0 Å². The summed E-state index contributed by atoms with van der Waals surface area (Å²) in [5, 5.41) is 0. The van der Waals surface area contributed by atoms with E-state index in [0.717, 1.165) is 16.7 Å². The largest absolute Gasteiger partial charge is 0.425 e. The molecule has 0 saturated carbocycles. The number of benzene rings is 1. The van der Waals surface area contributed by atoms with Gasteiger partial charge < -0.3 is 10.5 Å². The Kier molecular flexibility index (Phi) is 3.48. The SMILES string of the molecule is Cc1cc(C)c(OC(=O)[C@H](C)N)c(C)c1. The molecule has 1 aromatic rings. The van der Waals surface area contributed by atoms with Crippen LogP contribution in [0.3, 0.4) is 0 Å². The number of aryl methyl sites for hydroxylation is 3. The highest BCUT2D eigenvalue weighted by molar-refractivity contribution is 5.78. The Labute approximate surface area is 90.2 Å². The van der Waals surface area contributed by atoms with E-state index < -0.39 is 12.0 Å². The van der Waals surface area contributed by atoms with Crippen molar-refractivity contribution in [3.8, 4) is 5.75 Å². The molecule has 3 nitrogen and oxygen atoms in total. The van der Waals surface area contributed by atoms with E-state index in [-0.39, 0.29) is 0 Å². The normalized spacial score (nSPS) is 12.3. The third kappa shape index (κ3) is 2.80. The van der Waals surface area contributed by atoms with Gasteiger partial charge in [-0.05, 0) is 38.8 Å². The Hall–Kier alpha value is -1.35. The maximum absolute atomic E-state index is 11.4. The molecule has 0 aliphatic heterocycles. The van der Waals surface area contributed by atoms with Crippen LogP contribution in [-0.2, 0) is 4.79 Å². The summed E-state index contributed by atoms with van der Waals surface area (Å²) in [6.07, 6.45) is 0.